The topological polar surface area (TPSA) is 46.9 Å². The van der Waals surface area contributed by atoms with Gasteiger partial charge in [0.25, 0.3) is 5.91 Å². The van der Waals surface area contributed by atoms with Gasteiger partial charge >= 0.3 is 0 Å². The molecule has 0 aliphatic rings. The van der Waals surface area contributed by atoms with Gasteiger partial charge in [0, 0.05) is 19.8 Å². The first-order valence-electron chi connectivity index (χ1n) is 5.41. The average molecular weight is 244 g/mol. The summed E-state index contributed by atoms with van der Waals surface area (Å²) < 4.78 is 1.60. The molecule has 0 aliphatic carbocycles. The third-order valence-electron chi connectivity index (χ3n) is 2.16. The third-order valence-corrected chi connectivity index (χ3v) is 2.49. The first kappa shape index (κ1) is 13.0. The zero-order valence-electron chi connectivity index (χ0n) is 9.90. The quantitative estimate of drug-likeness (QED) is 0.802. The average Bonchev–Trinajstić information content (AvgIpc) is 2.60. The Labute approximate surface area is 101 Å². The van der Waals surface area contributed by atoms with Crippen LogP contribution in [0.3, 0.4) is 0 Å². The number of hydrogen-bond donors (Lipinski definition) is 1. The number of amides is 1. The largest absolute Gasteiger partial charge is 0.349 e. The van der Waals surface area contributed by atoms with Crippen molar-refractivity contribution in [1.82, 2.24) is 15.1 Å². The summed E-state index contributed by atoms with van der Waals surface area (Å²) in [5, 5.41) is 6.76. The molecule has 1 rings (SSSR count). The van der Waals surface area contributed by atoms with Crippen LogP contribution in [0.15, 0.2) is 12.3 Å². The molecular formula is C11H18ClN3O. The minimum absolute atomic E-state index is 0.0207. The molecule has 1 N–H and O–H groups in total. The van der Waals surface area contributed by atoms with Gasteiger partial charge in [-0.1, -0.05) is 13.8 Å². The fourth-order valence-electron chi connectivity index (χ4n) is 1.43. The second-order valence-corrected chi connectivity index (χ2v) is 4.93. The van der Waals surface area contributed by atoms with Gasteiger partial charge in [0.15, 0.2) is 0 Å². The number of aryl methyl sites for hydroxylation is 1. The highest BCUT2D eigenvalue weighted by molar-refractivity contribution is 6.20. The lowest BCUT2D eigenvalue weighted by Gasteiger charge is -2.12. The minimum atomic E-state index is -0.171. The summed E-state index contributed by atoms with van der Waals surface area (Å²) in [6, 6.07) is 1.68. The van der Waals surface area contributed by atoms with Crippen LogP contribution >= 0.6 is 11.6 Å². The van der Waals surface area contributed by atoms with E-state index >= 15 is 0 Å². The van der Waals surface area contributed by atoms with Crippen LogP contribution in [0.2, 0.25) is 0 Å². The minimum Gasteiger partial charge on any atom is -0.349 e. The summed E-state index contributed by atoms with van der Waals surface area (Å²) >= 11 is 6.07. The summed E-state index contributed by atoms with van der Waals surface area (Å²) in [7, 11) is 1.78. The van der Waals surface area contributed by atoms with Crippen LogP contribution in [0.4, 0.5) is 0 Å². The molecule has 1 atom stereocenters. The maximum atomic E-state index is 11.6. The molecule has 5 heteroatoms. The van der Waals surface area contributed by atoms with E-state index in [1.807, 2.05) is 0 Å². The molecule has 0 saturated carbocycles. The molecule has 1 aromatic rings. The van der Waals surface area contributed by atoms with Crippen LogP contribution in [0.5, 0.6) is 0 Å². The molecule has 1 aromatic heterocycles. The Morgan fingerprint density at radius 3 is 2.81 bits per heavy atom. The molecule has 0 aliphatic heterocycles. The molecule has 90 valence electrons. The molecule has 0 bridgehead atoms. The molecule has 4 nitrogen and oxygen atoms in total. The highest BCUT2D eigenvalue weighted by Gasteiger charge is 2.12. The lowest BCUT2D eigenvalue weighted by atomic mass is 10.1. The zero-order valence-corrected chi connectivity index (χ0v) is 10.7. The van der Waals surface area contributed by atoms with E-state index in [4.69, 9.17) is 11.6 Å². The fourth-order valence-corrected chi connectivity index (χ4v) is 1.86. The molecule has 0 fully saturated rings. The van der Waals surface area contributed by atoms with E-state index < -0.39 is 0 Å². The Bertz CT molecular complexity index is 349. The number of rotatable bonds is 5. The van der Waals surface area contributed by atoms with Gasteiger partial charge in [0.1, 0.15) is 5.69 Å². The number of nitrogens with zero attached hydrogens (tertiary/aromatic N) is 2. The van der Waals surface area contributed by atoms with E-state index in [2.05, 4.69) is 24.3 Å². The number of carbonyl (C=O) groups excluding carboxylic acids is 1. The van der Waals surface area contributed by atoms with Gasteiger partial charge in [-0.3, -0.25) is 9.48 Å². The van der Waals surface area contributed by atoms with E-state index in [-0.39, 0.29) is 11.3 Å². The Morgan fingerprint density at radius 2 is 2.31 bits per heavy atom. The van der Waals surface area contributed by atoms with Gasteiger partial charge < -0.3 is 5.32 Å². The Kier molecular flexibility index (Phi) is 4.80. The van der Waals surface area contributed by atoms with E-state index in [9.17, 15) is 4.79 Å². The van der Waals surface area contributed by atoms with Crippen molar-refractivity contribution in [3.63, 3.8) is 0 Å². The molecule has 0 radical (unpaired) electrons. The lowest BCUT2D eigenvalue weighted by molar-refractivity contribution is 0.0947. The first-order valence-corrected chi connectivity index (χ1v) is 5.84. The Morgan fingerprint density at radius 1 is 1.62 bits per heavy atom. The summed E-state index contributed by atoms with van der Waals surface area (Å²) in [6.45, 7) is 4.70. The Balaban J connectivity index is 2.35. The van der Waals surface area contributed by atoms with Crippen LogP contribution in [0, 0.1) is 5.92 Å². The van der Waals surface area contributed by atoms with Crippen LogP contribution < -0.4 is 5.32 Å². The third kappa shape index (κ3) is 4.23. The molecule has 0 spiro atoms. The molecule has 16 heavy (non-hydrogen) atoms. The van der Waals surface area contributed by atoms with E-state index in [1.54, 1.807) is 24.0 Å². The van der Waals surface area contributed by atoms with Gasteiger partial charge in [-0.2, -0.15) is 5.10 Å². The summed E-state index contributed by atoms with van der Waals surface area (Å²) in [4.78, 5) is 11.6. The van der Waals surface area contributed by atoms with Crippen LogP contribution in [0.1, 0.15) is 30.8 Å². The molecule has 1 amide bonds. The predicted octanol–water partition coefficient (Wildman–Crippen LogP) is 1.80. The fraction of sp³-hybridized carbons (Fsp3) is 0.636. The van der Waals surface area contributed by atoms with Crippen molar-refractivity contribution in [2.75, 3.05) is 6.54 Å². The van der Waals surface area contributed by atoms with Gasteiger partial charge in [-0.25, -0.2) is 0 Å². The van der Waals surface area contributed by atoms with E-state index in [0.717, 1.165) is 6.42 Å². The standard InChI is InChI=1S/C11H18ClN3O/c1-8(2)6-9(12)7-13-11(16)10-4-5-15(3)14-10/h4-5,8-9H,6-7H2,1-3H3,(H,13,16). The molecule has 1 heterocycles. The highest BCUT2D eigenvalue weighted by atomic mass is 35.5. The predicted molar refractivity (Wildman–Crippen MR) is 64.6 cm³/mol. The first-order chi connectivity index (χ1) is 7.49. The number of halogens is 1. The number of carbonyl (C=O) groups is 1. The lowest BCUT2D eigenvalue weighted by Crippen LogP contribution is -2.30. The Hall–Kier alpha value is -1.03. The number of alkyl halides is 1. The second-order valence-electron chi connectivity index (χ2n) is 4.31. The normalized spacial score (nSPS) is 12.8. The second kappa shape index (κ2) is 5.89. The van der Waals surface area contributed by atoms with Crippen molar-refractivity contribution >= 4 is 17.5 Å². The van der Waals surface area contributed by atoms with Crippen LogP contribution in [0.25, 0.3) is 0 Å². The molecular weight excluding hydrogens is 226 g/mol. The van der Waals surface area contributed by atoms with Crippen molar-refractivity contribution in [1.29, 1.82) is 0 Å². The monoisotopic (exact) mass is 243 g/mol. The number of hydrogen-bond acceptors (Lipinski definition) is 2. The maximum Gasteiger partial charge on any atom is 0.271 e. The van der Waals surface area contributed by atoms with Crippen molar-refractivity contribution < 1.29 is 4.79 Å². The van der Waals surface area contributed by atoms with Crippen molar-refractivity contribution in [3.8, 4) is 0 Å². The summed E-state index contributed by atoms with van der Waals surface area (Å²) in [5.41, 5.74) is 0.427. The van der Waals surface area contributed by atoms with Crippen LogP contribution in [-0.4, -0.2) is 27.6 Å². The van der Waals surface area contributed by atoms with Crippen molar-refractivity contribution in [3.05, 3.63) is 18.0 Å². The van der Waals surface area contributed by atoms with E-state index in [0.29, 0.717) is 18.2 Å². The SMILES string of the molecule is CC(C)CC(Cl)CNC(=O)c1ccn(C)n1. The van der Waals surface area contributed by atoms with E-state index in [1.165, 1.54) is 0 Å². The molecule has 0 saturated heterocycles. The summed E-state index contributed by atoms with van der Waals surface area (Å²) in [6.07, 6.45) is 2.63. The summed E-state index contributed by atoms with van der Waals surface area (Å²) in [5.74, 6) is 0.365. The maximum absolute atomic E-state index is 11.6. The molecule has 1 unspecified atom stereocenters. The van der Waals surface area contributed by atoms with Gasteiger partial charge in [0.2, 0.25) is 0 Å². The van der Waals surface area contributed by atoms with Gasteiger partial charge in [0.05, 0.1) is 5.38 Å². The smallest absolute Gasteiger partial charge is 0.271 e. The number of nitrogens with one attached hydrogen (secondary N) is 1. The zero-order chi connectivity index (χ0) is 12.1. The van der Waals surface area contributed by atoms with Crippen LogP contribution in [-0.2, 0) is 7.05 Å². The highest BCUT2D eigenvalue weighted by Crippen LogP contribution is 2.09. The van der Waals surface area contributed by atoms with Gasteiger partial charge in [-0.05, 0) is 18.4 Å². The van der Waals surface area contributed by atoms with Crippen molar-refractivity contribution in [2.45, 2.75) is 25.6 Å². The number of aromatic nitrogens is 2. The van der Waals surface area contributed by atoms with Crippen molar-refractivity contribution in [2.24, 2.45) is 13.0 Å². The molecule has 0 aromatic carbocycles. The van der Waals surface area contributed by atoms with Gasteiger partial charge in [-0.15, -0.1) is 11.6 Å².